The third-order valence-electron chi connectivity index (χ3n) is 4.74. The SMILES string of the molecule is COc1cc(NC(=S)NC(=O)c2cc([N+](=O)[O-])ccc2N2CCOCC2)c(OC)cc1Cl. The van der Waals surface area contributed by atoms with Crippen LogP contribution >= 0.6 is 23.8 Å². The van der Waals surface area contributed by atoms with Gasteiger partial charge in [-0.15, -0.1) is 0 Å². The van der Waals surface area contributed by atoms with Gasteiger partial charge >= 0.3 is 0 Å². The lowest BCUT2D eigenvalue weighted by molar-refractivity contribution is -0.384. The zero-order valence-corrected chi connectivity index (χ0v) is 18.9. The summed E-state index contributed by atoms with van der Waals surface area (Å²) in [4.78, 5) is 25.7. The zero-order valence-electron chi connectivity index (χ0n) is 17.3. The van der Waals surface area contributed by atoms with Crippen molar-refractivity contribution in [1.29, 1.82) is 0 Å². The standard InChI is InChI=1S/C20H21ClN4O6S/c1-29-17-11-15(18(30-2)10-14(17)21)22-20(32)23-19(26)13-9-12(25(27)28)3-4-16(13)24-5-7-31-8-6-24/h3-4,9-11H,5-8H2,1-2H3,(H2,22,23,26,32). The minimum absolute atomic E-state index is 0.0305. The van der Waals surface area contributed by atoms with Gasteiger partial charge in [0.25, 0.3) is 11.6 Å². The Bertz CT molecular complexity index is 1040. The minimum Gasteiger partial charge on any atom is -0.495 e. The van der Waals surface area contributed by atoms with E-state index in [4.69, 9.17) is 38.0 Å². The van der Waals surface area contributed by atoms with Gasteiger partial charge in [-0.25, -0.2) is 0 Å². The average Bonchev–Trinajstić information content (AvgIpc) is 2.79. The molecule has 0 saturated carbocycles. The number of halogens is 1. The highest BCUT2D eigenvalue weighted by Gasteiger charge is 2.23. The van der Waals surface area contributed by atoms with E-state index >= 15 is 0 Å². The normalized spacial score (nSPS) is 13.3. The van der Waals surface area contributed by atoms with Crippen LogP contribution in [0.2, 0.25) is 5.02 Å². The van der Waals surface area contributed by atoms with Gasteiger partial charge in [-0.2, -0.15) is 0 Å². The summed E-state index contributed by atoms with van der Waals surface area (Å²) >= 11 is 11.4. The van der Waals surface area contributed by atoms with Crippen molar-refractivity contribution in [3.63, 3.8) is 0 Å². The summed E-state index contributed by atoms with van der Waals surface area (Å²) in [5.74, 6) is 0.182. The first kappa shape index (κ1) is 23.5. The van der Waals surface area contributed by atoms with Crippen molar-refractivity contribution < 1.29 is 23.9 Å². The topological polar surface area (TPSA) is 115 Å². The van der Waals surface area contributed by atoms with Gasteiger partial charge in [0.1, 0.15) is 11.5 Å². The fourth-order valence-corrected chi connectivity index (χ4v) is 3.62. The molecule has 1 heterocycles. The van der Waals surface area contributed by atoms with Crippen LogP contribution in [0.3, 0.4) is 0 Å². The summed E-state index contributed by atoms with van der Waals surface area (Å²) in [7, 11) is 2.93. The average molecular weight is 481 g/mol. The van der Waals surface area contributed by atoms with Crippen LogP contribution < -0.4 is 25.0 Å². The van der Waals surface area contributed by atoms with Crippen molar-refractivity contribution in [3.05, 3.63) is 51.0 Å². The summed E-state index contributed by atoms with van der Waals surface area (Å²) < 4.78 is 15.8. The first-order valence-electron chi connectivity index (χ1n) is 9.49. The molecule has 0 spiro atoms. The van der Waals surface area contributed by atoms with Gasteiger partial charge in [-0.05, 0) is 18.3 Å². The van der Waals surface area contributed by atoms with Gasteiger partial charge in [0.15, 0.2) is 5.11 Å². The second kappa shape index (κ2) is 10.4. The Hall–Kier alpha value is -3.15. The van der Waals surface area contributed by atoms with Gasteiger partial charge in [-0.1, -0.05) is 11.6 Å². The Balaban J connectivity index is 1.84. The highest BCUT2D eigenvalue weighted by Crippen LogP contribution is 2.36. The van der Waals surface area contributed by atoms with E-state index in [1.807, 2.05) is 4.90 Å². The maximum absolute atomic E-state index is 13.0. The van der Waals surface area contributed by atoms with Crippen molar-refractivity contribution in [2.45, 2.75) is 0 Å². The molecule has 1 aliphatic rings. The summed E-state index contributed by atoms with van der Waals surface area (Å²) in [6.07, 6.45) is 0. The van der Waals surface area contributed by atoms with E-state index in [9.17, 15) is 14.9 Å². The predicted molar refractivity (Wildman–Crippen MR) is 124 cm³/mol. The number of nitro benzene ring substituents is 1. The quantitative estimate of drug-likeness (QED) is 0.365. The van der Waals surface area contributed by atoms with Crippen LogP contribution in [0, 0.1) is 10.1 Å². The van der Waals surface area contributed by atoms with E-state index in [0.717, 1.165) is 0 Å². The molecule has 0 bridgehead atoms. The molecule has 0 atom stereocenters. The van der Waals surface area contributed by atoms with Gasteiger partial charge in [0.05, 0.1) is 54.3 Å². The summed E-state index contributed by atoms with van der Waals surface area (Å²) in [6, 6.07) is 7.27. The number of non-ortho nitro benzene ring substituents is 1. The van der Waals surface area contributed by atoms with E-state index in [1.165, 1.54) is 26.4 Å². The molecule has 1 amide bonds. The van der Waals surface area contributed by atoms with Crippen molar-refractivity contribution >= 4 is 51.9 Å². The second-order valence-corrected chi connectivity index (χ2v) is 7.47. The third-order valence-corrected chi connectivity index (χ3v) is 5.24. The van der Waals surface area contributed by atoms with Crippen LogP contribution in [-0.2, 0) is 4.74 Å². The third kappa shape index (κ3) is 5.36. The fourth-order valence-electron chi connectivity index (χ4n) is 3.18. The van der Waals surface area contributed by atoms with Gasteiger partial charge < -0.3 is 24.4 Å². The van der Waals surface area contributed by atoms with Crippen LogP contribution in [0.25, 0.3) is 0 Å². The molecule has 10 nitrogen and oxygen atoms in total. The molecule has 0 unspecified atom stereocenters. The van der Waals surface area contributed by atoms with Gasteiger partial charge in [0.2, 0.25) is 0 Å². The number of carbonyl (C=O) groups is 1. The van der Waals surface area contributed by atoms with Crippen molar-refractivity contribution in [2.24, 2.45) is 0 Å². The number of nitrogens with zero attached hydrogens (tertiary/aromatic N) is 2. The molecule has 12 heteroatoms. The largest absolute Gasteiger partial charge is 0.495 e. The molecule has 170 valence electrons. The number of amides is 1. The highest BCUT2D eigenvalue weighted by molar-refractivity contribution is 7.80. The molecular weight excluding hydrogens is 460 g/mol. The molecular formula is C20H21ClN4O6S. The maximum Gasteiger partial charge on any atom is 0.270 e. The molecule has 0 aromatic heterocycles. The van der Waals surface area contributed by atoms with E-state index in [1.54, 1.807) is 18.2 Å². The predicted octanol–water partition coefficient (Wildman–Crippen LogP) is 3.23. The maximum atomic E-state index is 13.0. The summed E-state index contributed by atoms with van der Waals surface area (Å²) in [6.45, 7) is 2.11. The second-order valence-electron chi connectivity index (χ2n) is 6.65. The van der Waals surface area contributed by atoms with Gasteiger partial charge in [0, 0.05) is 37.4 Å². The number of rotatable bonds is 6. The number of ether oxygens (including phenoxy) is 3. The van der Waals surface area contributed by atoms with Crippen molar-refractivity contribution in [3.8, 4) is 11.5 Å². The molecule has 32 heavy (non-hydrogen) atoms. The van der Waals surface area contributed by atoms with Crippen LogP contribution in [0.5, 0.6) is 11.5 Å². The van der Waals surface area contributed by atoms with Gasteiger partial charge in [-0.3, -0.25) is 20.2 Å². The molecule has 0 radical (unpaired) electrons. The number of morpholine rings is 1. The zero-order chi connectivity index (χ0) is 23.3. The molecule has 1 saturated heterocycles. The molecule has 2 aromatic rings. The summed E-state index contributed by atoms with van der Waals surface area (Å²) in [5, 5.41) is 17.0. The van der Waals surface area contributed by atoms with Crippen LogP contribution in [0.15, 0.2) is 30.3 Å². The Morgan fingerprint density at radius 2 is 1.88 bits per heavy atom. The fraction of sp³-hybridized carbons (Fsp3) is 0.300. The monoisotopic (exact) mass is 480 g/mol. The number of carbonyl (C=O) groups excluding carboxylic acids is 1. The lowest BCUT2D eigenvalue weighted by atomic mass is 10.1. The number of nitrogens with one attached hydrogen (secondary N) is 2. The molecule has 0 aliphatic carbocycles. The van der Waals surface area contributed by atoms with Crippen LogP contribution in [0.1, 0.15) is 10.4 Å². The van der Waals surface area contributed by atoms with Crippen LogP contribution in [-0.4, -0.2) is 56.5 Å². The molecule has 2 N–H and O–H groups in total. The number of methoxy groups -OCH3 is 2. The molecule has 1 aliphatic heterocycles. The Morgan fingerprint density at radius 3 is 2.50 bits per heavy atom. The number of hydrogen-bond donors (Lipinski definition) is 2. The highest BCUT2D eigenvalue weighted by atomic mass is 35.5. The van der Waals surface area contributed by atoms with E-state index in [2.05, 4.69) is 10.6 Å². The summed E-state index contributed by atoms with van der Waals surface area (Å²) in [5.41, 5.74) is 0.914. The van der Waals surface area contributed by atoms with E-state index in [-0.39, 0.29) is 16.4 Å². The Morgan fingerprint density at radius 1 is 1.19 bits per heavy atom. The number of thiocarbonyl (C=S) groups is 1. The smallest absolute Gasteiger partial charge is 0.270 e. The van der Waals surface area contributed by atoms with Crippen molar-refractivity contribution in [2.75, 3.05) is 50.7 Å². The first-order valence-corrected chi connectivity index (χ1v) is 10.3. The minimum atomic E-state index is -0.590. The molecule has 3 rings (SSSR count). The van der Waals surface area contributed by atoms with E-state index < -0.39 is 10.8 Å². The number of benzene rings is 2. The number of hydrogen-bond acceptors (Lipinski definition) is 8. The molecule has 2 aromatic carbocycles. The molecule has 1 fully saturated rings. The van der Waals surface area contributed by atoms with Crippen molar-refractivity contribution in [1.82, 2.24) is 5.32 Å². The number of anilines is 2. The number of nitro groups is 1. The van der Waals surface area contributed by atoms with E-state index in [0.29, 0.717) is 54.2 Å². The lowest BCUT2D eigenvalue weighted by Gasteiger charge is -2.30. The first-order chi connectivity index (χ1) is 15.3. The Kier molecular flexibility index (Phi) is 7.67. The van der Waals surface area contributed by atoms with Crippen LogP contribution in [0.4, 0.5) is 17.1 Å². The Labute approximate surface area is 194 Å². The lowest BCUT2D eigenvalue weighted by Crippen LogP contribution is -2.39.